The molecule has 2 rings (SSSR count). The molecule has 2 aromatic rings. The highest BCUT2D eigenvalue weighted by atomic mass is 35.5. The van der Waals surface area contributed by atoms with E-state index in [0.29, 0.717) is 21.8 Å². The Bertz CT molecular complexity index is 570. The molecule has 0 fully saturated rings. The van der Waals surface area contributed by atoms with E-state index in [1.807, 2.05) is 6.07 Å². The minimum absolute atomic E-state index is 0.301. The first kappa shape index (κ1) is 15.0. The summed E-state index contributed by atoms with van der Waals surface area (Å²) in [5, 5.41) is 4.37. The fourth-order valence-corrected chi connectivity index (χ4v) is 2.39. The second-order valence-electron chi connectivity index (χ2n) is 4.92. The Labute approximate surface area is 129 Å². The highest BCUT2D eigenvalue weighted by Crippen LogP contribution is 2.31. The molecule has 0 aliphatic carbocycles. The van der Waals surface area contributed by atoms with E-state index in [9.17, 15) is 0 Å². The van der Waals surface area contributed by atoms with E-state index in [-0.39, 0.29) is 0 Å². The summed E-state index contributed by atoms with van der Waals surface area (Å²) in [5.74, 6) is 0. The highest BCUT2D eigenvalue weighted by molar-refractivity contribution is 6.42. The minimum atomic E-state index is 0.301. The summed E-state index contributed by atoms with van der Waals surface area (Å²) in [7, 11) is 0. The number of nitrogens with two attached hydrogens (primary N) is 1. The number of anilines is 2. The van der Waals surface area contributed by atoms with Gasteiger partial charge >= 0.3 is 0 Å². The first-order valence-corrected chi connectivity index (χ1v) is 7.37. The third kappa shape index (κ3) is 4.06. The van der Waals surface area contributed by atoms with E-state index in [1.165, 1.54) is 5.56 Å². The molecule has 0 amide bonds. The normalized spacial score (nSPS) is 12.2. The van der Waals surface area contributed by atoms with Crippen molar-refractivity contribution in [2.24, 2.45) is 0 Å². The molecule has 0 heterocycles. The average molecular weight is 309 g/mol. The summed E-state index contributed by atoms with van der Waals surface area (Å²) in [4.78, 5) is 0. The number of nitrogens with one attached hydrogen (secondary N) is 1. The number of aryl methyl sites for hydroxylation is 1. The standard InChI is InChI=1S/C16H18Cl2N2/c1-11(7-8-12-5-3-2-4-6-12)20-16-10-14(18)13(17)9-15(16)19/h2-6,9-11,20H,7-8,19H2,1H3. The molecule has 2 aromatic carbocycles. The molecule has 0 saturated heterocycles. The van der Waals surface area contributed by atoms with Gasteiger partial charge in [0.05, 0.1) is 21.4 Å². The lowest BCUT2D eigenvalue weighted by Crippen LogP contribution is -2.17. The first-order valence-electron chi connectivity index (χ1n) is 6.61. The van der Waals surface area contributed by atoms with E-state index in [1.54, 1.807) is 12.1 Å². The maximum absolute atomic E-state index is 6.01. The molecule has 3 N–H and O–H groups in total. The van der Waals surface area contributed by atoms with Crippen LogP contribution in [0.5, 0.6) is 0 Å². The summed E-state index contributed by atoms with van der Waals surface area (Å²) in [6, 6.07) is 14.2. The average Bonchev–Trinajstić information content (AvgIpc) is 2.44. The zero-order valence-corrected chi connectivity index (χ0v) is 12.9. The van der Waals surface area contributed by atoms with Gasteiger partial charge in [0.25, 0.3) is 0 Å². The smallest absolute Gasteiger partial charge is 0.0614 e. The fourth-order valence-electron chi connectivity index (χ4n) is 2.05. The monoisotopic (exact) mass is 308 g/mol. The molecule has 0 radical (unpaired) electrons. The van der Waals surface area contributed by atoms with Crippen LogP contribution in [0.4, 0.5) is 11.4 Å². The quantitative estimate of drug-likeness (QED) is 0.762. The van der Waals surface area contributed by atoms with Crippen molar-refractivity contribution in [2.75, 3.05) is 11.1 Å². The van der Waals surface area contributed by atoms with Gasteiger partial charge in [-0.05, 0) is 37.5 Å². The SMILES string of the molecule is CC(CCc1ccccc1)Nc1cc(Cl)c(Cl)cc1N. The largest absolute Gasteiger partial charge is 0.397 e. The van der Waals surface area contributed by atoms with Crippen LogP contribution in [0.1, 0.15) is 18.9 Å². The Morgan fingerprint density at radius 3 is 2.45 bits per heavy atom. The summed E-state index contributed by atoms with van der Waals surface area (Å²) >= 11 is 11.9. The number of hydrogen-bond acceptors (Lipinski definition) is 2. The molecule has 0 spiro atoms. The van der Waals surface area contributed by atoms with E-state index < -0.39 is 0 Å². The lowest BCUT2D eigenvalue weighted by Gasteiger charge is -2.17. The molecular formula is C16H18Cl2N2. The molecule has 2 nitrogen and oxygen atoms in total. The Kier molecular flexibility index (Phi) is 5.16. The van der Waals surface area contributed by atoms with Gasteiger partial charge in [-0.15, -0.1) is 0 Å². The van der Waals surface area contributed by atoms with E-state index in [2.05, 4.69) is 36.5 Å². The molecule has 1 unspecified atom stereocenters. The molecule has 1 atom stereocenters. The summed E-state index contributed by atoms with van der Waals surface area (Å²) in [6.45, 7) is 2.13. The highest BCUT2D eigenvalue weighted by Gasteiger charge is 2.08. The van der Waals surface area contributed by atoms with Gasteiger partial charge in [0.2, 0.25) is 0 Å². The van der Waals surface area contributed by atoms with Crippen LogP contribution in [-0.2, 0) is 6.42 Å². The summed E-state index contributed by atoms with van der Waals surface area (Å²) in [5.41, 5.74) is 8.73. The van der Waals surface area contributed by atoms with Gasteiger partial charge in [0, 0.05) is 6.04 Å². The lowest BCUT2D eigenvalue weighted by atomic mass is 10.1. The van der Waals surface area contributed by atoms with Gasteiger partial charge in [-0.2, -0.15) is 0 Å². The van der Waals surface area contributed by atoms with Crippen LogP contribution in [0, 0.1) is 0 Å². The van der Waals surface area contributed by atoms with Crippen LogP contribution >= 0.6 is 23.2 Å². The van der Waals surface area contributed by atoms with Crippen molar-refractivity contribution in [3.05, 3.63) is 58.1 Å². The molecule has 0 aliphatic heterocycles. The molecule has 20 heavy (non-hydrogen) atoms. The lowest BCUT2D eigenvalue weighted by molar-refractivity contribution is 0.706. The summed E-state index contributed by atoms with van der Waals surface area (Å²) in [6.07, 6.45) is 2.04. The maximum Gasteiger partial charge on any atom is 0.0614 e. The van der Waals surface area contributed by atoms with Gasteiger partial charge in [-0.25, -0.2) is 0 Å². The molecule has 4 heteroatoms. The third-order valence-corrected chi connectivity index (χ3v) is 3.93. The van der Waals surface area contributed by atoms with Gasteiger partial charge in [-0.1, -0.05) is 53.5 Å². The Morgan fingerprint density at radius 1 is 1.10 bits per heavy atom. The second kappa shape index (κ2) is 6.87. The van der Waals surface area contributed by atoms with Crippen LogP contribution in [0.3, 0.4) is 0 Å². The Balaban J connectivity index is 1.95. The molecule has 0 aromatic heterocycles. The van der Waals surface area contributed by atoms with Crippen molar-refractivity contribution in [3.63, 3.8) is 0 Å². The Hall–Kier alpha value is -1.38. The van der Waals surface area contributed by atoms with Crippen molar-refractivity contribution < 1.29 is 0 Å². The van der Waals surface area contributed by atoms with Gasteiger partial charge in [-0.3, -0.25) is 0 Å². The van der Waals surface area contributed by atoms with E-state index >= 15 is 0 Å². The van der Waals surface area contributed by atoms with Crippen molar-refractivity contribution in [3.8, 4) is 0 Å². The molecule has 0 bridgehead atoms. The minimum Gasteiger partial charge on any atom is -0.397 e. The van der Waals surface area contributed by atoms with E-state index in [0.717, 1.165) is 18.5 Å². The number of hydrogen-bond donors (Lipinski definition) is 2. The van der Waals surface area contributed by atoms with Crippen molar-refractivity contribution in [1.29, 1.82) is 0 Å². The number of benzene rings is 2. The van der Waals surface area contributed by atoms with Crippen LogP contribution in [-0.4, -0.2) is 6.04 Å². The molecule has 0 saturated carbocycles. The molecular weight excluding hydrogens is 291 g/mol. The third-order valence-electron chi connectivity index (χ3n) is 3.20. The maximum atomic E-state index is 6.01. The molecule has 0 aliphatic rings. The van der Waals surface area contributed by atoms with Crippen LogP contribution < -0.4 is 11.1 Å². The van der Waals surface area contributed by atoms with Crippen molar-refractivity contribution >= 4 is 34.6 Å². The van der Waals surface area contributed by atoms with Gasteiger partial charge in [0.15, 0.2) is 0 Å². The second-order valence-corrected chi connectivity index (χ2v) is 5.74. The number of rotatable bonds is 5. The first-order chi connectivity index (χ1) is 9.56. The predicted octanol–water partition coefficient (Wildman–Crippen LogP) is 5.01. The van der Waals surface area contributed by atoms with Gasteiger partial charge < -0.3 is 11.1 Å². The fraction of sp³-hybridized carbons (Fsp3) is 0.250. The van der Waals surface area contributed by atoms with Crippen LogP contribution in [0.25, 0.3) is 0 Å². The zero-order valence-electron chi connectivity index (χ0n) is 11.4. The number of nitrogen functional groups attached to an aromatic ring is 1. The summed E-state index contributed by atoms with van der Waals surface area (Å²) < 4.78 is 0. The molecule has 106 valence electrons. The Morgan fingerprint density at radius 2 is 1.75 bits per heavy atom. The number of halogens is 2. The van der Waals surface area contributed by atoms with Gasteiger partial charge in [0.1, 0.15) is 0 Å². The predicted molar refractivity (Wildman–Crippen MR) is 88.7 cm³/mol. The zero-order chi connectivity index (χ0) is 14.5. The van der Waals surface area contributed by atoms with Crippen LogP contribution in [0.2, 0.25) is 10.0 Å². The van der Waals surface area contributed by atoms with Crippen LogP contribution in [0.15, 0.2) is 42.5 Å². The van der Waals surface area contributed by atoms with Crippen molar-refractivity contribution in [2.45, 2.75) is 25.8 Å². The van der Waals surface area contributed by atoms with E-state index in [4.69, 9.17) is 28.9 Å². The van der Waals surface area contributed by atoms with Crippen molar-refractivity contribution in [1.82, 2.24) is 0 Å². The topological polar surface area (TPSA) is 38.0 Å².